The van der Waals surface area contributed by atoms with Crippen LogP contribution in [0.25, 0.3) is 0 Å². The number of nitrogens with two attached hydrogens (primary N) is 1. The Morgan fingerprint density at radius 1 is 1.86 bits per heavy atom. The van der Waals surface area contributed by atoms with Gasteiger partial charge in [0, 0.05) is 6.20 Å². The predicted octanol–water partition coefficient (Wildman–Crippen LogP) is -1.21. The highest BCUT2D eigenvalue weighted by atomic mass is 15.0. The second-order valence-corrected chi connectivity index (χ2v) is 1.22. The summed E-state index contributed by atoms with van der Waals surface area (Å²) in [4.78, 5) is 6.20. The molecule has 0 bridgehead atoms. The van der Waals surface area contributed by atoms with Crippen LogP contribution in [-0.2, 0) is 0 Å². The fourth-order valence-corrected chi connectivity index (χ4v) is 0.352. The summed E-state index contributed by atoms with van der Waals surface area (Å²) in [7, 11) is 5.18. The maximum atomic E-state index is 5.18. The molecule has 0 aliphatic rings. The van der Waals surface area contributed by atoms with E-state index in [2.05, 4.69) is 9.97 Å². The van der Waals surface area contributed by atoms with Gasteiger partial charge in [0.15, 0.2) is 5.95 Å². The smallest absolute Gasteiger partial charge is 0.196 e. The van der Waals surface area contributed by atoms with Crippen LogP contribution in [0.3, 0.4) is 0 Å². The maximum absolute atomic E-state index is 5.18. The van der Waals surface area contributed by atoms with Gasteiger partial charge >= 0.3 is 0 Å². The summed E-state index contributed by atoms with van der Waals surface area (Å²) in [5.74, 6) is 0.359. The van der Waals surface area contributed by atoms with Crippen LogP contribution >= 0.6 is 0 Å². The van der Waals surface area contributed by atoms with Gasteiger partial charge in [0.1, 0.15) is 7.85 Å². The molecule has 0 atom stereocenters. The van der Waals surface area contributed by atoms with E-state index in [1.807, 2.05) is 0 Å². The number of aromatic amines is 1. The third kappa shape index (κ3) is 0.736. The minimum Gasteiger partial charge on any atom is -0.369 e. The molecule has 1 rings (SSSR count). The number of nitrogens with one attached hydrogen (secondary N) is 1. The van der Waals surface area contributed by atoms with Crippen LogP contribution in [-0.4, -0.2) is 17.8 Å². The monoisotopic (exact) mass is 93.0 g/mol. The number of hydrogen-bond acceptors (Lipinski definition) is 2. The van der Waals surface area contributed by atoms with Crippen molar-refractivity contribution in [3.8, 4) is 0 Å². The molecule has 0 aliphatic heterocycles. The summed E-state index contributed by atoms with van der Waals surface area (Å²) < 4.78 is 0. The molecule has 4 heteroatoms. The van der Waals surface area contributed by atoms with Gasteiger partial charge in [-0.15, -0.1) is 0 Å². The first-order valence-corrected chi connectivity index (χ1v) is 1.85. The highest BCUT2D eigenvalue weighted by Gasteiger charge is 1.84. The van der Waals surface area contributed by atoms with E-state index in [-0.39, 0.29) is 0 Å². The van der Waals surface area contributed by atoms with Gasteiger partial charge in [-0.3, -0.25) is 0 Å². The molecule has 0 saturated carbocycles. The van der Waals surface area contributed by atoms with E-state index in [1.165, 1.54) is 6.20 Å². The Morgan fingerprint density at radius 3 is 2.71 bits per heavy atom. The first-order valence-electron chi connectivity index (χ1n) is 1.85. The Kier molecular flexibility index (Phi) is 0.783. The predicted molar refractivity (Wildman–Crippen MR) is 28.4 cm³/mol. The van der Waals surface area contributed by atoms with E-state index < -0.39 is 0 Å². The number of H-pyrrole nitrogens is 1. The Bertz CT molecular complexity index is 142. The van der Waals surface area contributed by atoms with E-state index in [0.717, 1.165) is 0 Å². The summed E-state index contributed by atoms with van der Waals surface area (Å²) in [6.45, 7) is 0. The highest BCUT2D eigenvalue weighted by Crippen LogP contribution is 1.79. The molecule has 2 radical (unpaired) electrons. The number of anilines is 1. The summed E-state index contributed by atoms with van der Waals surface area (Å²) in [5, 5.41) is 0. The van der Waals surface area contributed by atoms with Crippen molar-refractivity contribution in [2.24, 2.45) is 0 Å². The van der Waals surface area contributed by atoms with E-state index in [0.29, 0.717) is 11.5 Å². The Labute approximate surface area is 42.4 Å². The Morgan fingerprint density at radius 2 is 2.57 bits per heavy atom. The minimum absolute atomic E-state index is 0.359. The van der Waals surface area contributed by atoms with Crippen LogP contribution in [0.4, 0.5) is 5.95 Å². The van der Waals surface area contributed by atoms with Crippen molar-refractivity contribution in [3.05, 3.63) is 6.20 Å². The quantitative estimate of drug-likeness (QED) is 0.395. The van der Waals surface area contributed by atoms with Crippen LogP contribution in [0.15, 0.2) is 6.20 Å². The third-order valence-electron chi connectivity index (χ3n) is 0.615. The Balaban J connectivity index is 3.04. The number of hydrogen-bond donors (Lipinski definition) is 2. The zero-order valence-electron chi connectivity index (χ0n) is 3.68. The van der Waals surface area contributed by atoms with Crippen molar-refractivity contribution in [2.45, 2.75) is 0 Å². The molecular formula is C3H4BN3. The molecule has 1 aromatic heterocycles. The molecule has 7 heavy (non-hydrogen) atoms. The summed E-state index contributed by atoms with van der Waals surface area (Å²) in [5.41, 5.74) is 5.63. The van der Waals surface area contributed by atoms with Gasteiger partial charge in [0.25, 0.3) is 0 Å². The van der Waals surface area contributed by atoms with Crippen LogP contribution in [0.5, 0.6) is 0 Å². The van der Waals surface area contributed by atoms with Gasteiger partial charge in [0.2, 0.25) is 0 Å². The lowest BCUT2D eigenvalue weighted by Crippen LogP contribution is -2.01. The first-order chi connectivity index (χ1) is 3.29. The number of imidazole rings is 1. The molecule has 3 N–H and O–H groups in total. The van der Waals surface area contributed by atoms with Crippen molar-refractivity contribution in [1.82, 2.24) is 9.97 Å². The molecule has 34 valence electrons. The zero-order chi connectivity index (χ0) is 5.28. The fourth-order valence-electron chi connectivity index (χ4n) is 0.352. The van der Waals surface area contributed by atoms with E-state index in [4.69, 9.17) is 13.6 Å². The van der Waals surface area contributed by atoms with Gasteiger partial charge in [-0.05, 0) is 5.59 Å². The lowest BCUT2D eigenvalue weighted by molar-refractivity contribution is 1.33. The van der Waals surface area contributed by atoms with Gasteiger partial charge in [0.05, 0.1) is 0 Å². The van der Waals surface area contributed by atoms with Gasteiger partial charge in [-0.2, -0.15) is 0 Å². The standard InChI is InChI=1S/C3H4BN3/c4-2-1-6-3(5)7-2/h1H,(H3,5,6,7). The summed E-state index contributed by atoms with van der Waals surface area (Å²) in [6.07, 6.45) is 1.47. The van der Waals surface area contributed by atoms with Crippen molar-refractivity contribution < 1.29 is 0 Å². The SMILES string of the molecule is [B]c1cnc(N)[nH]1. The fraction of sp³-hybridized carbons (Fsp3) is 0. The zero-order valence-corrected chi connectivity index (χ0v) is 3.68. The average Bonchev–Trinajstić information content (AvgIpc) is 1.87. The normalized spacial score (nSPS) is 9.14. The molecular weight excluding hydrogens is 88.9 g/mol. The number of nitrogen functional groups attached to an aromatic ring is 1. The van der Waals surface area contributed by atoms with E-state index in [9.17, 15) is 0 Å². The highest BCUT2D eigenvalue weighted by molar-refractivity contribution is 6.30. The van der Waals surface area contributed by atoms with Crippen LogP contribution in [0, 0.1) is 0 Å². The number of nitrogens with zero attached hydrogens (tertiary/aromatic N) is 1. The molecule has 0 aromatic carbocycles. The van der Waals surface area contributed by atoms with Gasteiger partial charge in [-0.1, -0.05) is 0 Å². The summed E-state index contributed by atoms with van der Waals surface area (Å²) >= 11 is 0. The molecule has 0 spiro atoms. The lowest BCUT2D eigenvalue weighted by Gasteiger charge is -1.75. The third-order valence-corrected chi connectivity index (χ3v) is 0.615. The molecule has 0 fully saturated rings. The van der Waals surface area contributed by atoms with Gasteiger partial charge < -0.3 is 10.7 Å². The Hall–Kier alpha value is -0.925. The number of rotatable bonds is 0. The van der Waals surface area contributed by atoms with E-state index >= 15 is 0 Å². The van der Waals surface area contributed by atoms with Crippen LogP contribution in [0.2, 0.25) is 0 Å². The van der Waals surface area contributed by atoms with Gasteiger partial charge in [-0.25, -0.2) is 4.98 Å². The first kappa shape index (κ1) is 4.24. The molecule has 0 saturated heterocycles. The van der Waals surface area contributed by atoms with Crippen molar-refractivity contribution >= 4 is 19.4 Å². The topological polar surface area (TPSA) is 54.7 Å². The molecule has 1 heterocycles. The average molecular weight is 92.9 g/mol. The second kappa shape index (κ2) is 1.29. The van der Waals surface area contributed by atoms with Crippen molar-refractivity contribution in [2.75, 3.05) is 5.73 Å². The number of aromatic nitrogens is 2. The molecule has 0 amide bonds. The van der Waals surface area contributed by atoms with E-state index in [1.54, 1.807) is 0 Å². The maximum Gasteiger partial charge on any atom is 0.196 e. The summed E-state index contributed by atoms with van der Waals surface area (Å²) in [6, 6.07) is 0. The molecule has 0 aliphatic carbocycles. The van der Waals surface area contributed by atoms with Crippen molar-refractivity contribution in [1.29, 1.82) is 0 Å². The largest absolute Gasteiger partial charge is 0.369 e. The van der Waals surface area contributed by atoms with Crippen LogP contribution in [0.1, 0.15) is 0 Å². The van der Waals surface area contributed by atoms with Crippen LogP contribution < -0.4 is 11.3 Å². The van der Waals surface area contributed by atoms with Crippen molar-refractivity contribution in [3.63, 3.8) is 0 Å². The molecule has 0 unspecified atom stereocenters. The second-order valence-electron chi connectivity index (χ2n) is 1.22. The molecule has 1 aromatic rings. The molecule has 3 nitrogen and oxygen atoms in total. The minimum atomic E-state index is 0.359. The lowest BCUT2D eigenvalue weighted by atomic mass is 10.1.